The highest BCUT2D eigenvalue weighted by Crippen LogP contribution is 2.44. The van der Waals surface area contributed by atoms with Crippen LogP contribution in [0.3, 0.4) is 0 Å². The smallest absolute Gasteiger partial charge is 0.338 e. The highest BCUT2D eigenvalue weighted by Gasteiger charge is 2.47. The Kier molecular flexibility index (Phi) is 7.64. The molecule has 8 heteroatoms. The van der Waals surface area contributed by atoms with Crippen molar-refractivity contribution in [3.63, 3.8) is 0 Å². The first-order chi connectivity index (χ1) is 17.8. The summed E-state index contributed by atoms with van der Waals surface area (Å²) in [6.45, 7) is 3.94. The number of methoxy groups -OCH3 is 1. The number of nitrogens with zero attached hydrogens (tertiary/aromatic N) is 1. The molecule has 1 N–H and O–H groups in total. The molecule has 190 valence electrons. The maximum absolute atomic E-state index is 13.4. The van der Waals surface area contributed by atoms with Crippen molar-refractivity contribution in [2.24, 2.45) is 0 Å². The van der Waals surface area contributed by atoms with Gasteiger partial charge in [-0.25, -0.2) is 4.79 Å². The van der Waals surface area contributed by atoms with Crippen molar-refractivity contribution in [3.8, 4) is 5.75 Å². The van der Waals surface area contributed by atoms with E-state index in [0.717, 1.165) is 5.56 Å². The molecule has 0 spiro atoms. The summed E-state index contributed by atoms with van der Waals surface area (Å²) in [4.78, 5) is 40.7. The number of esters is 1. The molecule has 3 aromatic carbocycles. The first-order valence-corrected chi connectivity index (χ1v) is 12.1. The second-order valence-corrected chi connectivity index (χ2v) is 9.00. The molecule has 1 aliphatic heterocycles. The average Bonchev–Trinajstić information content (AvgIpc) is 3.17. The van der Waals surface area contributed by atoms with Crippen LogP contribution in [-0.2, 0) is 14.3 Å². The summed E-state index contributed by atoms with van der Waals surface area (Å²) in [5.74, 6) is -2.47. The van der Waals surface area contributed by atoms with Gasteiger partial charge >= 0.3 is 5.97 Å². The van der Waals surface area contributed by atoms with E-state index in [1.54, 1.807) is 61.5 Å². The second-order valence-electron chi connectivity index (χ2n) is 8.59. The highest BCUT2D eigenvalue weighted by atomic mass is 35.5. The lowest BCUT2D eigenvalue weighted by Gasteiger charge is -2.26. The molecule has 1 amide bonds. The zero-order valence-electron chi connectivity index (χ0n) is 20.7. The molecule has 7 nitrogen and oxygen atoms in total. The normalized spacial score (nSPS) is 16.6. The van der Waals surface area contributed by atoms with Gasteiger partial charge in [-0.05, 0) is 54.8 Å². The summed E-state index contributed by atoms with van der Waals surface area (Å²) in [6.07, 6.45) is 0.667. The first kappa shape index (κ1) is 26.0. The lowest BCUT2D eigenvalue weighted by Crippen LogP contribution is -2.29. The maximum Gasteiger partial charge on any atom is 0.338 e. The van der Waals surface area contributed by atoms with Gasteiger partial charge in [0.1, 0.15) is 11.5 Å². The molecule has 1 unspecified atom stereocenters. The molecular weight excluding hydrogens is 494 g/mol. The fraction of sp³-hybridized carbons (Fsp3) is 0.207. The molecule has 4 rings (SSSR count). The predicted octanol–water partition coefficient (Wildman–Crippen LogP) is 5.85. The largest absolute Gasteiger partial charge is 0.507 e. The van der Waals surface area contributed by atoms with Crippen molar-refractivity contribution in [3.05, 3.63) is 99.6 Å². The number of anilines is 1. The topological polar surface area (TPSA) is 93.1 Å². The predicted molar refractivity (Wildman–Crippen MR) is 141 cm³/mol. The van der Waals surface area contributed by atoms with Gasteiger partial charge < -0.3 is 14.6 Å². The average molecular weight is 520 g/mol. The fourth-order valence-electron chi connectivity index (χ4n) is 4.37. The third-order valence-corrected chi connectivity index (χ3v) is 6.28. The van der Waals surface area contributed by atoms with Crippen molar-refractivity contribution < 1.29 is 29.0 Å². The number of carbonyl (C=O) groups is 3. The summed E-state index contributed by atoms with van der Waals surface area (Å²) >= 11 is 6.35. The lowest BCUT2D eigenvalue weighted by molar-refractivity contribution is -0.132. The minimum Gasteiger partial charge on any atom is -0.507 e. The minimum atomic E-state index is -0.966. The second kappa shape index (κ2) is 10.9. The van der Waals surface area contributed by atoms with Crippen molar-refractivity contribution in [2.75, 3.05) is 18.6 Å². The Morgan fingerprint density at radius 2 is 1.78 bits per heavy atom. The van der Waals surface area contributed by atoms with Crippen LogP contribution in [0, 0.1) is 6.92 Å². The molecule has 1 aliphatic rings. The van der Waals surface area contributed by atoms with Gasteiger partial charge in [0.2, 0.25) is 0 Å². The van der Waals surface area contributed by atoms with E-state index in [4.69, 9.17) is 21.1 Å². The number of aliphatic hydroxyl groups excluding tert-OH is 1. The van der Waals surface area contributed by atoms with Gasteiger partial charge in [0, 0.05) is 5.69 Å². The van der Waals surface area contributed by atoms with Crippen LogP contribution in [0.5, 0.6) is 5.75 Å². The number of aryl methyl sites for hydroxylation is 1. The van der Waals surface area contributed by atoms with Crippen LogP contribution in [0.4, 0.5) is 5.69 Å². The molecule has 1 heterocycles. The molecule has 0 radical (unpaired) electrons. The number of hydrogen-bond acceptors (Lipinski definition) is 6. The third-order valence-electron chi connectivity index (χ3n) is 6.00. The molecule has 1 fully saturated rings. The number of hydrogen-bond donors (Lipinski definition) is 1. The number of benzene rings is 3. The zero-order valence-corrected chi connectivity index (χ0v) is 21.4. The Morgan fingerprint density at radius 3 is 2.46 bits per heavy atom. The summed E-state index contributed by atoms with van der Waals surface area (Å²) in [5.41, 5.74) is 1.97. The lowest BCUT2D eigenvalue weighted by atomic mass is 9.94. The van der Waals surface area contributed by atoms with Gasteiger partial charge in [0.25, 0.3) is 11.7 Å². The molecular formula is C29H26ClNO6. The van der Waals surface area contributed by atoms with E-state index in [2.05, 4.69) is 0 Å². The number of rotatable bonds is 7. The minimum absolute atomic E-state index is 0.116. The Balaban J connectivity index is 1.92. The van der Waals surface area contributed by atoms with Crippen molar-refractivity contribution in [1.82, 2.24) is 0 Å². The Bertz CT molecular complexity index is 1400. The van der Waals surface area contributed by atoms with E-state index < -0.39 is 29.5 Å². The number of ketones is 1. The molecule has 1 atom stereocenters. The van der Waals surface area contributed by atoms with Gasteiger partial charge in [0.05, 0.1) is 41.5 Å². The van der Waals surface area contributed by atoms with E-state index >= 15 is 0 Å². The van der Waals surface area contributed by atoms with E-state index in [0.29, 0.717) is 17.7 Å². The van der Waals surface area contributed by atoms with Crippen LogP contribution < -0.4 is 9.64 Å². The molecule has 0 bridgehead atoms. The summed E-state index contributed by atoms with van der Waals surface area (Å²) in [6, 6.07) is 17.6. The van der Waals surface area contributed by atoms with Gasteiger partial charge in [-0.2, -0.15) is 0 Å². The van der Waals surface area contributed by atoms with Crippen LogP contribution in [0.1, 0.15) is 46.4 Å². The number of amides is 1. The summed E-state index contributed by atoms with van der Waals surface area (Å²) in [5, 5.41) is 11.7. The van der Waals surface area contributed by atoms with Gasteiger partial charge in [-0.15, -0.1) is 0 Å². The molecule has 3 aromatic rings. The SMILES string of the molecule is CCCOC(=O)c1cccc(N2C(=O)C(=O)/C(=C(/O)c3cc(C)cc(Cl)c3OC)C2c2ccccc2)c1. The highest BCUT2D eigenvalue weighted by molar-refractivity contribution is 6.51. The molecule has 1 saturated heterocycles. The summed E-state index contributed by atoms with van der Waals surface area (Å²) in [7, 11) is 1.41. The van der Waals surface area contributed by atoms with Crippen LogP contribution in [0.15, 0.2) is 72.3 Å². The Hall–Kier alpha value is -4.10. The van der Waals surface area contributed by atoms with E-state index in [1.807, 2.05) is 13.0 Å². The number of aliphatic hydroxyl groups is 1. The van der Waals surface area contributed by atoms with E-state index in [-0.39, 0.29) is 34.1 Å². The van der Waals surface area contributed by atoms with Crippen LogP contribution in [-0.4, -0.2) is 36.5 Å². The van der Waals surface area contributed by atoms with Gasteiger partial charge in [-0.3, -0.25) is 14.5 Å². The molecule has 0 saturated carbocycles. The van der Waals surface area contributed by atoms with Crippen LogP contribution in [0.2, 0.25) is 5.02 Å². The van der Waals surface area contributed by atoms with Crippen molar-refractivity contribution in [1.29, 1.82) is 0 Å². The summed E-state index contributed by atoms with van der Waals surface area (Å²) < 4.78 is 10.6. The first-order valence-electron chi connectivity index (χ1n) is 11.8. The molecule has 37 heavy (non-hydrogen) atoms. The van der Waals surface area contributed by atoms with E-state index in [1.165, 1.54) is 18.1 Å². The number of Topliss-reactive ketones (excluding diaryl/α,β-unsaturated/α-hetero) is 1. The van der Waals surface area contributed by atoms with Crippen LogP contribution >= 0.6 is 11.6 Å². The van der Waals surface area contributed by atoms with Crippen molar-refractivity contribution >= 4 is 40.7 Å². The van der Waals surface area contributed by atoms with Gasteiger partial charge in [0.15, 0.2) is 0 Å². The Labute approximate surface area is 219 Å². The maximum atomic E-state index is 13.4. The van der Waals surface area contributed by atoms with Crippen molar-refractivity contribution in [2.45, 2.75) is 26.3 Å². The quantitative estimate of drug-likeness (QED) is 0.182. The van der Waals surface area contributed by atoms with Crippen LogP contribution in [0.25, 0.3) is 5.76 Å². The monoisotopic (exact) mass is 519 g/mol. The number of ether oxygens (including phenoxy) is 2. The van der Waals surface area contributed by atoms with E-state index in [9.17, 15) is 19.5 Å². The standard InChI is InChI=1S/C29H26ClNO6/c1-4-13-37-29(35)19-11-8-12-20(16-19)31-24(18-9-6-5-7-10-18)23(26(33)28(31)34)25(32)21-14-17(2)15-22(30)27(21)36-3/h5-12,14-16,24,32H,4,13H2,1-3H3/b25-23+. The molecule has 0 aromatic heterocycles. The number of carbonyl (C=O) groups excluding carboxylic acids is 3. The fourth-order valence-corrected chi connectivity index (χ4v) is 4.72. The molecule has 0 aliphatic carbocycles. The Morgan fingerprint density at radius 1 is 1.05 bits per heavy atom. The zero-order chi connectivity index (χ0) is 26.7. The third kappa shape index (κ3) is 4.95. The number of halogens is 1. The van der Waals surface area contributed by atoms with Gasteiger partial charge in [-0.1, -0.05) is 54.9 Å².